The minimum atomic E-state index is -0.334. The summed E-state index contributed by atoms with van der Waals surface area (Å²) in [5.74, 6) is 1.15. The van der Waals surface area contributed by atoms with Gasteiger partial charge >= 0.3 is 0 Å². The van der Waals surface area contributed by atoms with E-state index in [2.05, 4.69) is 5.32 Å². The zero-order chi connectivity index (χ0) is 15.4. The maximum absolute atomic E-state index is 12.0. The summed E-state index contributed by atoms with van der Waals surface area (Å²) in [6.07, 6.45) is 1.38. The van der Waals surface area contributed by atoms with Crippen molar-refractivity contribution in [1.82, 2.24) is 0 Å². The Labute approximate surface area is 134 Å². The van der Waals surface area contributed by atoms with Crippen molar-refractivity contribution in [2.45, 2.75) is 18.9 Å². The van der Waals surface area contributed by atoms with Crippen molar-refractivity contribution < 1.29 is 14.3 Å². The number of carbonyl (C=O) groups excluding carboxylic acids is 1. The first kappa shape index (κ1) is 14.9. The number of carbonyl (C=O) groups is 1. The molecule has 1 unspecified atom stereocenters. The number of rotatable bonds is 4. The Morgan fingerprint density at radius 1 is 1.18 bits per heavy atom. The lowest BCUT2D eigenvalue weighted by Crippen LogP contribution is -2.26. The second-order valence-electron chi connectivity index (χ2n) is 5.05. The molecule has 1 fully saturated rings. The molecule has 1 aliphatic rings. The Morgan fingerprint density at radius 3 is 2.64 bits per heavy atom. The SMILES string of the molecule is O=C(Nc1ccc(Oc2ccccc2Cl)cc1)C1CCCO1. The van der Waals surface area contributed by atoms with E-state index in [0.29, 0.717) is 28.8 Å². The van der Waals surface area contributed by atoms with Crippen molar-refractivity contribution in [1.29, 1.82) is 0 Å². The summed E-state index contributed by atoms with van der Waals surface area (Å²) < 4.78 is 11.1. The molecule has 1 amide bonds. The highest BCUT2D eigenvalue weighted by molar-refractivity contribution is 6.32. The molecule has 0 spiro atoms. The maximum Gasteiger partial charge on any atom is 0.253 e. The van der Waals surface area contributed by atoms with Crippen molar-refractivity contribution in [2.24, 2.45) is 0 Å². The summed E-state index contributed by atoms with van der Waals surface area (Å²) in [5, 5.41) is 3.39. The molecule has 1 N–H and O–H groups in total. The first-order chi connectivity index (χ1) is 10.7. The van der Waals surface area contributed by atoms with Gasteiger partial charge in [0.15, 0.2) is 0 Å². The van der Waals surface area contributed by atoms with Crippen LogP contribution in [0.2, 0.25) is 5.02 Å². The van der Waals surface area contributed by atoms with Crippen LogP contribution in [0.15, 0.2) is 48.5 Å². The fourth-order valence-corrected chi connectivity index (χ4v) is 2.44. The van der Waals surface area contributed by atoms with Crippen LogP contribution in [0.4, 0.5) is 5.69 Å². The molecule has 5 heteroatoms. The minimum absolute atomic E-state index is 0.0997. The lowest BCUT2D eigenvalue weighted by molar-refractivity contribution is -0.124. The average molecular weight is 318 g/mol. The van der Waals surface area contributed by atoms with Gasteiger partial charge in [0.1, 0.15) is 17.6 Å². The van der Waals surface area contributed by atoms with E-state index < -0.39 is 0 Å². The van der Waals surface area contributed by atoms with Gasteiger partial charge in [0.25, 0.3) is 5.91 Å². The van der Waals surface area contributed by atoms with Crippen LogP contribution < -0.4 is 10.1 Å². The second-order valence-corrected chi connectivity index (χ2v) is 5.45. The molecular weight excluding hydrogens is 302 g/mol. The van der Waals surface area contributed by atoms with E-state index >= 15 is 0 Å². The topological polar surface area (TPSA) is 47.6 Å². The third-order valence-corrected chi connectivity index (χ3v) is 3.72. The summed E-state index contributed by atoms with van der Waals surface area (Å²) in [6.45, 7) is 0.655. The molecule has 1 atom stereocenters. The van der Waals surface area contributed by atoms with Gasteiger partial charge in [-0.3, -0.25) is 4.79 Å². The lowest BCUT2D eigenvalue weighted by atomic mass is 10.2. The largest absolute Gasteiger partial charge is 0.456 e. The van der Waals surface area contributed by atoms with E-state index in [9.17, 15) is 4.79 Å². The number of hydrogen-bond acceptors (Lipinski definition) is 3. The summed E-state index contributed by atoms with van der Waals surface area (Å²) in [7, 11) is 0. The Kier molecular flexibility index (Phi) is 4.61. The molecule has 0 aromatic heterocycles. The van der Waals surface area contributed by atoms with Gasteiger partial charge in [0.05, 0.1) is 5.02 Å². The van der Waals surface area contributed by atoms with Crippen LogP contribution in [0.25, 0.3) is 0 Å². The Morgan fingerprint density at radius 2 is 1.95 bits per heavy atom. The molecule has 1 saturated heterocycles. The number of amides is 1. The van der Waals surface area contributed by atoms with E-state index in [1.54, 1.807) is 36.4 Å². The standard InChI is InChI=1S/C17H16ClNO3/c18-14-4-1-2-5-15(14)22-13-9-7-12(8-10-13)19-17(20)16-6-3-11-21-16/h1-2,4-5,7-10,16H,3,6,11H2,(H,19,20). The van der Waals surface area contributed by atoms with Crippen molar-refractivity contribution in [2.75, 3.05) is 11.9 Å². The van der Waals surface area contributed by atoms with Crippen LogP contribution in [0, 0.1) is 0 Å². The average Bonchev–Trinajstić information content (AvgIpc) is 3.06. The van der Waals surface area contributed by atoms with E-state index in [-0.39, 0.29) is 12.0 Å². The predicted molar refractivity (Wildman–Crippen MR) is 85.6 cm³/mol. The number of halogens is 1. The highest BCUT2D eigenvalue weighted by Crippen LogP contribution is 2.29. The lowest BCUT2D eigenvalue weighted by Gasteiger charge is -2.11. The highest BCUT2D eigenvalue weighted by atomic mass is 35.5. The van der Waals surface area contributed by atoms with Gasteiger partial charge < -0.3 is 14.8 Å². The molecule has 2 aromatic rings. The molecule has 4 nitrogen and oxygen atoms in total. The Bertz CT molecular complexity index is 651. The predicted octanol–water partition coefficient (Wildman–Crippen LogP) is 4.25. The summed E-state index contributed by atoms with van der Waals surface area (Å²) in [6, 6.07) is 14.4. The first-order valence-corrected chi connectivity index (χ1v) is 7.55. The number of ether oxygens (including phenoxy) is 2. The van der Waals surface area contributed by atoms with Crippen LogP contribution in [0.3, 0.4) is 0 Å². The van der Waals surface area contributed by atoms with Crippen LogP contribution in [0.1, 0.15) is 12.8 Å². The molecule has 0 radical (unpaired) electrons. The van der Waals surface area contributed by atoms with Gasteiger partial charge in [0, 0.05) is 12.3 Å². The molecule has 1 aliphatic heterocycles. The first-order valence-electron chi connectivity index (χ1n) is 7.17. The summed E-state index contributed by atoms with van der Waals surface area (Å²) in [5.41, 5.74) is 0.715. The van der Waals surface area contributed by atoms with Crippen molar-refractivity contribution >= 4 is 23.2 Å². The Hall–Kier alpha value is -2.04. The molecule has 114 valence electrons. The molecule has 22 heavy (non-hydrogen) atoms. The number of nitrogens with one attached hydrogen (secondary N) is 1. The van der Waals surface area contributed by atoms with Gasteiger partial charge in [-0.25, -0.2) is 0 Å². The fourth-order valence-electron chi connectivity index (χ4n) is 2.27. The molecule has 3 rings (SSSR count). The molecular formula is C17H16ClNO3. The molecule has 0 bridgehead atoms. The number of hydrogen-bond donors (Lipinski definition) is 1. The van der Waals surface area contributed by atoms with Gasteiger partial charge in [-0.1, -0.05) is 23.7 Å². The van der Waals surface area contributed by atoms with Crippen LogP contribution in [-0.2, 0) is 9.53 Å². The molecule has 2 aromatic carbocycles. The zero-order valence-electron chi connectivity index (χ0n) is 11.9. The quantitative estimate of drug-likeness (QED) is 0.917. The zero-order valence-corrected chi connectivity index (χ0v) is 12.7. The van der Waals surface area contributed by atoms with Crippen LogP contribution in [0.5, 0.6) is 11.5 Å². The highest BCUT2D eigenvalue weighted by Gasteiger charge is 2.23. The molecule has 0 saturated carbocycles. The van der Waals surface area contributed by atoms with Gasteiger partial charge in [0.2, 0.25) is 0 Å². The van der Waals surface area contributed by atoms with Gasteiger partial charge in [-0.05, 0) is 49.2 Å². The molecule has 1 heterocycles. The van der Waals surface area contributed by atoms with Gasteiger partial charge in [-0.2, -0.15) is 0 Å². The van der Waals surface area contributed by atoms with Crippen molar-refractivity contribution in [3.63, 3.8) is 0 Å². The van der Waals surface area contributed by atoms with Crippen LogP contribution >= 0.6 is 11.6 Å². The summed E-state index contributed by atoms with van der Waals surface area (Å²) in [4.78, 5) is 12.0. The molecule has 0 aliphatic carbocycles. The number of anilines is 1. The normalized spacial score (nSPS) is 17.2. The monoisotopic (exact) mass is 317 g/mol. The number of benzene rings is 2. The maximum atomic E-state index is 12.0. The van der Waals surface area contributed by atoms with E-state index in [0.717, 1.165) is 12.8 Å². The Balaban J connectivity index is 1.63. The van der Waals surface area contributed by atoms with Crippen molar-refractivity contribution in [3.8, 4) is 11.5 Å². The fraction of sp³-hybridized carbons (Fsp3) is 0.235. The second kappa shape index (κ2) is 6.81. The smallest absolute Gasteiger partial charge is 0.253 e. The third kappa shape index (κ3) is 3.59. The van der Waals surface area contributed by atoms with Gasteiger partial charge in [-0.15, -0.1) is 0 Å². The minimum Gasteiger partial charge on any atom is -0.456 e. The van der Waals surface area contributed by atoms with E-state index in [1.807, 2.05) is 12.1 Å². The van der Waals surface area contributed by atoms with Crippen molar-refractivity contribution in [3.05, 3.63) is 53.6 Å². The van der Waals surface area contributed by atoms with E-state index in [4.69, 9.17) is 21.1 Å². The van der Waals surface area contributed by atoms with E-state index in [1.165, 1.54) is 0 Å². The third-order valence-electron chi connectivity index (χ3n) is 3.41. The summed E-state index contributed by atoms with van der Waals surface area (Å²) >= 11 is 6.05. The number of para-hydroxylation sites is 1. The van der Waals surface area contributed by atoms with Crippen LogP contribution in [-0.4, -0.2) is 18.6 Å².